The van der Waals surface area contributed by atoms with E-state index in [1.54, 1.807) is 6.07 Å². The van der Waals surface area contributed by atoms with Crippen LogP contribution in [0.5, 0.6) is 5.88 Å². The number of halogens is 2. The van der Waals surface area contributed by atoms with E-state index in [-0.39, 0.29) is 6.10 Å². The van der Waals surface area contributed by atoms with Gasteiger partial charge in [-0.25, -0.2) is 9.97 Å². The quantitative estimate of drug-likeness (QED) is 0.508. The zero-order valence-electron chi connectivity index (χ0n) is 16.4. The largest absolute Gasteiger partial charge is 0.473 e. The van der Waals surface area contributed by atoms with E-state index in [0.29, 0.717) is 21.8 Å². The Kier molecular flexibility index (Phi) is 6.99. The number of aryl methyl sites for hydroxylation is 2. The summed E-state index contributed by atoms with van der Waals surface area (Å²) in [6, 6.07) is 5.45. The standard InChI is InChI=1S/C22H28Cl2N2O/c1-4-8-20(16-9-6-5-7-10-16)27-22-15(3)25-21(14(2)26-22)18-12-11-17(23)13-19(18)24/h11-13,16,20H,4-10H2,1-3H3. The van der Waals surface area contributed by atoms with Crippen molar-refractivity contribution in [3.05, 3.63) is 39.6 Å². The Morgan fingerprint density at radius 1 is 1.07 bits per heavy atom. The lowest BCUT2D eigenvalue weighted by molar-refractivity contribution is 0.0928. The first-order valence-corrected chi connectivity index (χ1v) is 10.7. The monoisotopic (exact) mass is 406 g/mol. The van der Waals surface area contributed by atoms with Crippen LogP contribution in [-0.4, -0.2) is 16.1 Å². The molecule has 0 amide bonds. The van der Waals surface area contributed by atoms with Crippen molar-refractivity contribution in [2.24, 2.45) is 5.92 Å². The molecule has 1 atom stereocenters. The Hall–Kier alpha value is -1.32. The molecule has 0 spiro atoms. The highest BCUT2D eigenvalue weighted by Crippen LogP contribution is 2.34. The van der Waals surface area contributed by atoms with E-state index in [9.17, 15) is 0 Å². The van der Waals surface area contributed by atoms with E-state index in [1.807, 2.05) is 26.0 Å². The van der Waals surface area contributed by atoms with Crippen LogP contribution in [0.25, 0.3) is 11.3 Å². The fourth-order valence-electron chi connectivity index (χ4n) is 3.96. The topological polar surface area (TPSA) is 35.0 Å². The minimum Gasteiger partial charge on any atom is -0.473 e. The van der Waals surface area contributed by atoms with E-state index < -0.39 is 0 Å². The van der Waals surface area contributed by atoms with Crippen LogP contribution in [0.15, 0.2) is 18.2 Å². The number of rotatable bonds is 6. The van der Waals surface area contributed by atoms with Crippen LogP contribution in [-0.2, 0) is 0 Å². The Morgan fingerprint density at radius 2 is 1.81 bits per heavy atom. The summed E-state index contributed by atoms with van der Waals surface area (Å²) in [5, 5.41) is 1.19. The summed E-state index contributed by atoms with van der Waals surface area (Å²) in [6.07, 6.45) is 8.90. The van der Waals surface area contributed by atoms with Crippen LogP contribution in [0.2, 0.25) is 10.0 Å². The Morgan fingerprint density at radius 3 is 2.48 bits per heavy atom. The van der Waals surface area contributed by atoms with Gasteiger partial charge in [-0.3, -0.25) is 0 Å². The van der Waals surface area contributed by atoms with Crippen LogP contribution in [0.4, 0.5) is 0 Å². The van der Waals surface area contributed by atoms with Crippen molar-refractivity contribution in [1.82, 2.24) is 9.97 Å². The number of ether oxygens (including phenoxy) is 1. The van der Waals surface area contributed by atoms with Crippen LogP contribution in [0.3, 0.4) is 0 Å². The van der Waals surface area contributed by atoms with E-state index in [0.717, 1.165) is 35.5 Å². The normalized spacial score (nSPS) is 16.3. The molecule has 27 heavy (non-hydrogen) atoms. The second-order valence-electron chi connectivity index (χ2n) is 7.52. The molecule has 5 heteroatoms. The fraction of sp³-hybridized carbons (Fsp3) is 0.545. The van der Waals surface area contributed by atoms with Crippen molar-refractivity contribution in [3.63, 3.8) is 0 Å². The molecule has 1 aromatic heterocycles. The Balaban J connectivity index is 1.87. The molecule has 1 fully saturated rings. The summed E-state index contributed by atoms with van der Waals surface area (Å²) in [4.78, 5) is 9.53. The highest BCUT2D eigenvalue weighted by molar-refractivity contribution is 6.36. The van der Waals surface area contributed by atoms with Crippen molar-refractivity contribution in [1.29, 1.82) is 0 Å². The van der Waals surface area contributed by atoms with Gasteiger partial charge in [-0.1, -0.05) is 55.8 Å². The maximum atomic E-state index is 6.42. The molecule has 1 unspecified atom stereocenters. The van der Waals surface area contributed by atoms with Crippen molar-refractivity contribution < 1.29 is 4.74 Å². The first-order valence-electron chi connectivity index (χ1n) is 9.97. The molecule has 146 valence electrons. The summed E-state index contributed by atoms with van der Waals surface area (Å²) >= 11 is 12.4. The van der Waals surface area contributed by atoms with Crippen molar-refractivity contribution in [3.8, 4) is 17.1 Å². The molecule has 1 aliphatic carbocycles. The lowest BCUT2D eigenvalue weighted by atomic mass is 9.84. The third-order valence-corrected chi connectivity index (χ3v) is 5.95. The lowest BCUT2D eigenvalue weighted by Crippen LogP contribution is -2.29. The van der Waals surface area contributed by atoms with E-state index in [2.05, 4.69) is 6.92 Å². The van der Waals surface area contributed by atoms with E-state index >= 15 is 0 Å². The second-order valence-corrected chi connectivity index (χ2v) is 8.36. The van der Waals surface area contributed by atoms with Crippen LogP contribution >= 0.6 is 23.2 Å². The molecular weight excluding hydrogens is 379 g/mol. The zero-order valence-corrected chi connectivity index (χ0v) is 17.9. The summed E-state index contributed by atoms with van der Waals surface area (Å²) in [6.45, 7) is 6.13. The molecule has 2 aromatic rings. The third-order valence-electron chi connectivity index (χ3n) is 5.40. The SMILES string of the molecule is CCCC(Oc1nc(C)c(-c2ccc(Cl)cc2Cl)nc1C)C1CCCCC1. The summed E-state index contributed by atoms with van der Waals surface area (Å²) in [7, 11) is 0. The number of nitrogens with zero attached hydrogens (tertiary/aromatic N) is 2. The smallest absolute Gasteiger partial charge is 0.235 e. The fourth-order valence-corrected chi connectivity index (χ4v) is 4.45. The molecule has 1 aromatic carbocycles. The van der Waals surface area contributed by atoms with Crippen molar-refractivity contribution in [2.45, 2.75) is 71.8 Å². The summed E-state index contributed by atoms with van der Waals surface area (Å²) in [5.74, 6) is 1.29. The highest BCUT2D eigenvalue weighted by atomic mass is 35.5. The Bertz CT molecular complexity index is 788. The predicted molar refractivity (Wildman–Crippen MR) is 113 cm³/mol. The molecular formula is C22H28Cl2N2O. The van der Waals surface area contributed by atoms with Gasteiger partial charge in [0.2, 0.25) is 5.88 Å². The number of aromatic nitrogens is 2. The van der Waals surface area contributed by atoms with Gasteiger partial charge in [0.1, 0.15) is 11.8 Å². The first-order chi connectivity index (χ1) is 13.0. The number of hydrogen-bond donors (Lipinski definition) is 0. The van der Waals surface area contributed by atoms with Crippen molar-refractivity contribution >= 4 is 23.2 Å². The molecule has 3 nitrogen and oxygen atoms in total. The highest BCUT2D eigenvalue weighted by Gasteiger charge is 2.26. The average Bonchev–Trinajstić information content (AvgIpc) is 2.65. The second kappa shape index (κ2) is 9.25. The molecule has 0 N–H and O–H groups in total. The molecule has 0 radical (unpaired) electrons. The molecule has 1 heterocycles. The molecule has 1 saturated carbocycles. The van der Waals surface area contributed by atoms with Gasteiger partial charge in [-0.05, 0) is 57.2 Å². The average molecular weight is 407 g/mol. The zero-order chi connectivity index (χ0) is 19.4. The minimum absolute atomic E-state index is 0.229. The predicted octanol–water partition coefficient (Wildman–Crippen LogP) is 7.20. The number of benzene rings is 1. The lowest BCUT2D eigenvalue weighted by Gasteiger charge is -2.30. The van der Waals surface area contributed by atoms with Crippen molar-refractivity contribution in [2.75, 3.05) is 0 Å². The van der Waals surface area contributed by atoms with E-state index in [4.69, 9.17) is 37.9 Å². The summed E-state index contributed by atoms with van der Waals surface area (Å²) in [5.41, 5.74) is 3.25. The van der Waals surface area contributed by atoms with Gasteiger partial charge in [0.15, 0.2) is 0 Å². The first kappa shape index (κ1) is 20.4. The van der Waals surface area contributed by atoms with Gasteiger partial charge < -0.3 is 4.74 Å². The van der Waals surface area contributed by atoms with Gasteiger partial charge in [-0.2, -0.15) is 0 Å². The third kappa shape index (κ3) is 4.94. The molecule has 0 aliphatic heterocycles. The van der Waals surface area contributed by atoms with Gasteiger partial charge >= 0.3 is 0 Å². The van der Waals surface area contributed by atoms with Crippen LogP contribution in [0, 0.1) is 19.8 Å². The molecule has 0 bridgehead atoms. The van der Waals surface area contributed by atoms with Gasteiger partial charge in [0, 0.05) is 10.6 Å². The minimum atomic E-state index is 0.229. The Labute approximate surface area is 172 Å². The van der Waals surface area contributed by atoms with Gasteiger partial charge in [0.05, 0.1) is 16.4 Å². The maximum Gasteiger partial charge on any atom is 0.235 e. The van der Waals surface area contributed by atoms with Gasteiger partial charge in [0.25, 0.3) is 0 Å². The molecule has 3 rings (SSSR count). The van der Waals surface area contributed by atoms with E-state index in [1.165, 1.54) is 32.1 Å². The maximum absolute atomic E-state index is 6.42. The van der Waals surface area contributed by atoms with Crippen LogP contribution < -0.4 is 4.74 Å². The van der Waals surface area contributed by atoms with Crippen LogP contribution in [0.1, 0.15) is 63.3 Å². The summed E-state index contributed by atoms with van der Waals surface area (Å²) < 4.78 is 6.42. The molecule has 0 saturated heterocycles. The van der Waals surface area contributed by atoms with Gasteiger partial charge in [-0.15, -0.1) is 0 Å². The number of hydrogen-bond acceptors (Lipinski definition) is 3. The molecule has 1 aliphatic rings.